The molecule has 1 aliphatic heterocycles. The lowest BCUT2D eigenvalue weighted by Gasteiger charge is -2.08. The first-order chi connectivity index (χ1) is 5.27. The number of rotatable bonds is 0. The molecule has 0 aliphatic carbocycles. The Morgan fingerprint density at radius 2 is 2.45 bits per heavy atom. The van der Waals surface area contributed by atoms with Crippen LogP contribution in [0.5, 0.6) is 0 Å². The van der Waals surface area contributed by atoms with Crippen molar-refractivity contribution in [3.05, 3.63) is 17.8 Å². The van der Waals surface area contributed by atoms with Crippen LogP contribution in [0.25, 0.3) is 0 Å². The Kier molecular flexibility index (Phi) is 1.09. The number of nitrogens with two attached hydrogens (primary N) is 1. The van der Waals surface area contributed by atoms with E-state index >= 15 is 0 Å². The van der Waals surface area contributed by atoms with Crippen molar-refractivity contribution in [2.24, 2.45) is 10.7 Å². The molecular weight excluding hydrogens is 140 g/mol. The first-order valence-electron chi connectivity index (χ1n) is 3.35. The molecule has 0 spiro atoms. The quantitative estimate of drug-likeness (QED) is 0.499. The number of fused-ring (bicyclic) bond motifs is 1. The topological polar surface area (TPSA) is 78.0 Å². The predicted octanol–water partition coefficient (Wildman–Crippen LogP) is 0.775. The van der Waals surface area contributed by atoms with E-state index in [0.717, 1.165) is 5.56 Å². The maximum atomic E-state index is 7.54. The van der Waals surface area contributed by atoms with Gasteiger partial charge in [0.15, 0.2) is 0 Å². The molecule has 1 aromatic rings. The lowest BCUT2D eigenvalue weighted by Crippen LogP contribution is -2.19. The van der Waals surface area contributed by atoms with E-state index < -0.39 is 0 Å². The number of nitrogens with one attached hydrogen (secondary N) is 2. The summed E-state index contributed by atoms with van der Waals surface area (Å²) in [4.78, 5) is 6.96. The molecule has 0 atom stereocenters. The molecule has 0 saturated heterocycles. The van der Waals surface area contributed by atoms with Crippen molar-refractivity contribution in [1.82, 2.24) is 4.98 Å². The van der Waals surface area contributed by atoms with Gasteiger partial charge < -0.3 is 16.1 Å². The smallest absolute Gasteiger partial charge is 0.141 e. The molecule has 56 valence electrons. The summed E-state index contributed by atoms with van der Waals surface area (Å²) < 4.78 is 0. The second-order valence-corrected chi connectivity index (χ2v) is 2.50. The number of H-pyrrole nitrogens is 1. The number of aliphatic imine (C=N–C) groups is 1. The average molecular weight is 148 g/mol. The van der Waals surface area contributed by atoms with Gasteiger partial charge in [-0.25, -0.2) is 4.99 Å². The van der Waals surface area contributed by atoms with Gasteiger partial charge in [0.05, 0.1) is 0 Å². The second kappa shape index (κ2) is 1.95. The lowest BCUT2D eigenvalue weighted by atomic mass is 10.1. The lowest BCUT2D eigenvalue weighted by molar-refractivity contribution is 1.25. The Hall–Kier alpha value is -1.58. The third-order valence-corrected chi connectivity index (χ3v) is 1.66. The largest absolute Gasteiger partial charge is 0.387 e. The second-order valence-electron chi connectivity index (χ2n) is 2.50. The Labute approximate surface area is 63.7 Å². The number of amidine groups is 1. The fourth-order valence-electron chi connectivity index (χ4n) is 1.16. The minimum absolute atomic E-state index is 0.463. The summed E-state index contributed by atoms with van der Waals surface area (Å²) in [5.74, 6) is 1.21. The Balaban J connectivity index is 2.60. The molecular formula is C7H8N4. The molecule has 1 aliphatic rings. The predicted molar refractivity (Wildman–Crippen MR) is 43.5 cm³/mol. The van der Waals surface area contributed by atoms with E-state index in [0.29, 0.717) is 23.8 Å². The summed E-state index contributed by atoms with van der Waals surface area (Å²) in [5.41, 5.74) is 6.88. The highest BCUT2D eigenvalue weighted by Gasteiger charge is 2.15. The number of aromatic amines is 1. The van der Waals surface area contributed by atoms with E-state index in [2.05, 4.69) is 9.98 Å². The molecule has 0 fully saturated rings. The fourth-order valence-corrected chi connectivity index (χ4v) is 1.16. The minimum Gasteiger partial charge on any atom is -0.387 e. The van der Waals surface area contributed by atoms with Gasteiger partial charge in [-0.1, -0.05) is 0 Å². The fraction of sp³-hybridized carbons (Fsp3) is 0.143. The molecule has 0 saturated carbocycles. The maximum absolute atomic E-state index is 7.54. The Bertz CT molecular complexity index is 334. The van der Waals surface area contributed by atoms with Gasteiger partial charge in [0.1, 0.15) is 11.7 Å². The molecule has 4 heteroatoms. The first kappa shape index (κ1) is 6.15. The normalized spacial score (nSPS) is 16.0. The van der Waals surface area contributed by atoms with Crippen LogP contribution in [0.15, 0.2) is 17.3 Å². The summed E-state index contributed by atoms with van der Waals surface area (Å²) in [6.07, 6.45) is 2.23. The van der Waals surface area contributed by atoms with Gasteiger partial charge in [-0.05, 0) is 6.07 Å². The van der Waals surface area contributed by atoms with Gasteiger partial charge in [-0.15, -0.1) is 0 Å². The summed E-state index contributed by atoms with van der Waals surface area (Å²) in [7, 11) is 0. The van der Waals surface area contributed by atoms with E-state index in [4.69, 9.17) is 11.1 Å². The minimum atomic E-state index is 0.463. The number of aromatic nitrogens is 1. The highest BCUT2D eigenvalue weighted by Crippen LogP contribution is 2.22. The molecule has 0 amide bonds. The van der Waals surface area contributed by atoms with E-state index in [1.54, 1.807) is 6.20 Å². The monoisotopic (exact) mass is 148 g/mol. The van der Waals surface area contributed by atoms with Gasteiger partial charge in [0.25, 0.3) is 0 Å². The van der Waals surface area contributed by atoms with Crippen LogP contribution in [-0.4, -0.2) is 16.5 Å². The van der Waals surface area contributed by atoms with Gasteiger partial charge >= 0.3 is 0 Å². The van der Waals surface area contributed by atoms with Crippen molar-refractivity contribution in [2.45, 2.75) is 6.42 Å². The van der Waals surface area contributed by atoms with Gasteiger partial charge in [0.2, 0.25) is 0 Å². The van der Waals surface area contributed by atoms with Crippen LogP contribution in [0.4, 0.5) is 5.82 Å². The average Bonchev–Trinajstić information content (AvgIpc) is 2.34. The van der Waals surface area contributed by atoms with Crippen LogP contribution < -0.4 is 5.73 Å². The Morgan fingerprint density at radius 1 is 1.64 bits per heavy atom. The Morgan fingerprint density at radius 3 is 3.27 bits per heavy atom. The van der Waals surface area contributed by atoms with Crippen molar-refractivity contribution in [3.63, 3.8) is 0 Å². The molecule has 0 radical (unpaired) electrons. The standard InChI is InChI=1S/C7H8N4/c8-5-3-6(9)11-7-4(5)1-2-10-7/h1-2,8,10H,3H2,(H2,9,11). The maximum Gasteiger partial charge on any atom is 0.141 e. The van der Waals surface area contributed by atoms with E-state index in [-0.39, 0.29) is 0 Å². The summed E-state index contributed by atoms with van der Waals surface area (Å²) in [6.45, 7) is 0. The van der Waals surface area contributed by atoms with Gasteiger partial charge in [-0.2, -0.15) is 0 Å². The number of nitrogens with zero attached hydrogens (tertiary/aromatic N) is 1. The van der Waals surface area contributed by atoms with Crippen LogP contribution in [0.3, 0.4) is 0 Å². The number of hydrogen-bond acceptors (Lipinski definition) is 3. The third-order valence-electron chi connectivity index (χ3n) is 1.66. The van der Waals surface area contributed by atoms with Gasteiger partial charge in [-0.3, -0.25) is 0 Å². The molecule has 11 heavy (non-hydrogen) atoms. The highest BCUT2D eigenvalue weighted by atomic mass is 15.0. The third kappa shape index (κ3) is 0.832. The van der Waals surface area contributed by atoms with Crippen molar-refractivity contribution < 1.29 is 0 Å². The summed E-state index contributed by atoms with van der Waals surface area (Å²) >= 11 is 0. The molecule has 0 aromatic carbocycles. The van der Waals surface area contributed by atoms with Crippen molar-refractivity contribution in [2.75, 3.05) is 0 Å². The zero-order chi connectivity index (χ0) is 7.84. The summed E-state index contributed by atoms with van der Waals surface area (Å²) in [5, 5.41) is 7.54. The molecule has 1 aromatic heterocycles. The van der Waals surface area contributed by atoms with Crippen molar-refractivity contribution >= 4 is 17.4 Å². The van der Waals surface area contributed by atoms with Crippen molar-refractivity contribution in [3.8, 4) is 0 Å². The van der Waals surface area contributed by atoms with Gasteiger partial charge in [0, 0.05) is 23.9 Å². The number of hydrogen-bond donors (Lipinski definition) is 3. The van der Waals surface area contributed by atoms with Crippen molar-refractivity contribution in [1.29, 1.82) is 5.41 Å². The molecule has 4 nitrogen and oxygen atoms in total. The summed E-state index contributed by atoms with van der Waals surface area (Å²) in [6, 6.07) is 1.84. The SMILES string of the molecule is N=C1CC(N)=Nc2[nH]ccc21. The molecule has 2 rings (SSSR count). The zero-order valence-electron chi connectivity index (χ0n) is 5.89. The highest BCUT2D eigenvalue weighted by molar-refractivity contribution is 6.15. The van der Waals surface area contributed by atoms with Crippen LogP contribution >= 0.6 is 0 Å². The first-order valence-corrected chi connectivity index (χ1v) is 3.35. The van der Waals surface area contributed by atoms with E-state index in [1.165, 1.54) is 0 Å². The van der Waals surface area contributed by atoms with Crippen LogP contribution in [0, 0.1) is 5.41 Å². The molecule has 0 bridgehead atoms. The molecule has 0 unspecified atom stereocenters. The zero-order valence-corrected chi connectivity index (χ0v) is 5.89. The van der Waals surface area contributed by atoms with E-state index in [9.17, 15) is 0 Å². The van der Waals surface area contributed by atoms with Crippen LogP contribution in [0.1, 0.15) is 12.0 Å². The molecule has 4 N–H and O–H groups in total. The van der Waals surface area contributed by atoms with Crippen LogP contribution in [-0.2, 0) is 0 Å². The van der Waals surface area contributed by atoms with Crippen LogP contribution in [0.2, 0.25) is 0 Å². The van der Waals surface area contributed by atoms with E-state index in [1.807, 2.05) is 6.07 Å². The molecule has 2 heterocycles.